The molecule has 0 radical (unpaired) electrons. The van der Waals surface area contributed by atoms with Crippen LogP contribution in [0.4, 0.5) is 0 Å². The van der Waals surface area contributed by atoms with Gasteiger partial charge in [-0.15, -0.1) is 0 Å². The lowest BCUT2D eigenvalue weighted by Crippen LogP contribution is -2.44. The molecule has 0 aromatic heterocycles. The first-order valence-corrected chi connectivity index (χ1v) is 12.4. The highest BCUT2D eigenvalue weighted by atomic mass is 28.3. The molecule has 1 atom stereocenters. The van der Waals surface area contributed by atoms with Gasteiger partial charge >= 0.3 is 0 Å². The van der Waals surface area contributed by atoms with E-state index in [9.17, 15) is 0 Å². The molecule has 1 saturated heterocycles. The van der Waals surface area contributed by atoms with Gasteiger partial charge in [0.2, 0.25) is 0 Å². The van der Waals surface area contributed by atoms with Crippen LogP contribution in [-0.2, 0) is 11.8 Å². The predicted molar refractivity (Wildman–Crippen MR) is 102 cm³/mol. The molecule has 22 heavy (non-hydrogen) atoms. The van der Waals surface area contributed by atoms with Crippen LogP contribution in [0.15, 0.2) is 24.3 Å². The minimum absolute atomic E-state index is 0.259. The topological polar surface area (TPSA) is 3.24 Å². The van der Waals surface area contributed by atoms with Crippen LogP contribution >= 0.6 is 0 Å². The Labute approximate surface area is 139 Å². The fourth-order valence-corrected chi connectivity index (χ4v) is 5.48. The number of rotatable bonds is 4. The van der Waals surface area contributed by atoms with Crippen LogP contribution < -0.4 is 0 Å². The van der Waals surface area contributed by atoms with E-state index in [2.05, 4.69) is 70.0 Å². The maximum Gasteiger partial charge on any atom is 0.0498 e. The molecular weight excluding hydrogens is 282 g/mol. The second-order valence-corrected chi connectivity index (χ2v) is 14.5. The van der Waals surface area contributed by atoms with E-state index in [1.54, 1.807) is 0 Å². The van der Waals surface area contributed by atoms with Crippen molar-refractivity contribution in [3.8, 4) is 0 Å². The number of benzene rings is 1. The largest absolute Gasteiger partial charge is 0.304 e. The van der Waals surface area contributed by atoms with Crippen molar-refractivity contribution >= 4 is 8.07 Å². The van der Waals surface area contributed by atoms with E-state index < -0.39 is 8.07 Å². The van der Waals surface area contributed by atoms with E-state index in [0.717, 1.165) is 5.92 Å². The van der Waals surface area contributed by atoms with E-state index in [1.807, 2.05) is 0 Å². The Hall–Kier alpha value is -0.603. The van der Waals surface area contributed by atoms with Crippen LogP contribution in [0, 0.1) is 5.92 Å². The van der Waals surface area contributed by atoms with E-state index >= 15 is 0 Å². The lowest BCUT2D eigenvalue weighted by molar-refractivity contribution is 0.249. The van der Waals surface area contributed by atoms with Gasteiger partial charge in [0.15, 0.2) is 0 Å². The maximum atomic E-state index is 2.70. The Bertz CT molecular complexity index is 459. The van der Waals surface area contributed by atoms with Crippen LogP contribution in [0.3, 0.4) is 0 Å². The number of nitrogens with zero attached hydrogens (tertiary/aromatic N) is 1. The summed E-state index contributed by atoms with van der Waals surface area (Å²) in [7, 11) is -0.823. The summed E-state index contributed by atoms with van der Waals surface area (Å²) in [5.74, 6) is 0.753. The van der Waals surface area contributed by atoms with Crippen LogP contribution in [0.2, 0.25) is 25.2 Å². The molecule has 0 amide bonds. The Balaban J connectivity index is 1.83. The van der Waals surface area contributed by atoms with Crippen molar-refractivity contribution in [1.29, 1.82) is 0 Å². The molecule has 0 saturated carbocycles. The Morgan fingerprint density at radius 3 is 2.09 bits per heavy atom. The van der Waals surface area contributed by atoms with Gasteiger partial charge in [0, 0.05) is 14.6 Å². The summed E-state index contributed by atoms with van der Waals surface area (Å²) in [6, 6.07) is 12.3. The third kappa shape index (κ3) is 5.24. The highest BCUT2D eigenvalue weighted by molar-refractivity contribution is 6.77. The minimum atomic E-state index is -0.823. The van der Waals surface area contributed by atoms with Gasteiger partial charge < -0.3 is 4.90 Å². The van der Waals surface area contributed by atoms with Gasteiger partial charge in [0.1, 0.15) is 0 Å². The molecule has 0 aliphatic carbocycles. The van der Waals surface area contributed by atoms with Crippen molar-refractivity contribution in [2.24, 2.45) is 5.92 Å². The van der Waals surface area contributed by atoms with Crippen molar-refractivity contribution in [1.82, 2.24) is 4.90 Å². The molecule has 2 heteroatoms. The second kappa shape index (κ2) is 6.88. The first-order valence-electron chi connectivity index (χ1n) is 8.97. The molecule has 2 rings (SSSR count). The zero-order valence-corrected chi connectivity index (χ0v) is 16.6. The van der Waals surface area contributed by atoms with Crippen molar-refractivity contribution in [2.45, 2.75) is 64.7 Å². The monoisotopic (exact) mass is 317 g/mol. The van der Waals surface area contributed by atoms with Crippen molar-refractivity contribution in [2.75, 3.05) is 19.6 Å². The van der Waals surface area contributed by atoms with E-state index in [-0.39, 0.29) is 5.41 Å². The molecule has 0 N–H and O–H groups in total. The molecule has 0 bridgehead atoms. The van der Waals surface area contributed by atoms with Gasteiger partial charge in [-0.3, -0.25) is 0 Å². The summed E-state index contributed by atoms with van der Waals surface area (Å²) in [5.41, 5.74) is 3.19. The first kappa shape index (κ1) is 17.7. The van der Waals surface area contributed by atoms with Crippen molar-refractivity contribution < 1.29 is 0 Å². The maximum absolute atomic E-state index is 2.70. The molecule has 1 aromatic carbocycles. The third-order valence-electron chi connectivity index (χ3n) is 5.18. The zero-order valence-electron chi connectivity index (χ0n) is 15.6. The zero-order chi connectivity index (χ0) is 16.4. The quantitative estimate of drug-likeness (QED) is 0.691. The number of hydrogen-bond donors (Lipinski definition) is 0. The van der Waals surface area contributed by atoms with Crippen LogP contribution in [0.25, 0.3) is 0 Å². The fraction of sp³-hybridized carbons (Fsp3) is 0.700. The summed E-state index contributed by atoms with van der Waals surface area (Å²) in [5, 5.41) is 0. The predicted octanol–water partition coefficient (Wildman–Crippen LogP) is 5.19. The molecule has 124 valence electrons. The van der Waals surface area contributed by atoms with E-state index in [0.29, 0.717) is 0 Å². The molecule has 1 aromatic rings. The summed E-state index contributed by atoms with van der Waals surface area (Å²) in [6.45, 7) is 18.3. The van der Waals surface area contributed by atoms with Crippen LogP contribution in [0.5, 0.6) is 0 Å². The SMILES string of the molecule is CC(Cc1ccc(C(C)(C)C)cc1)CN1CC[Si](C)(C)CC1. The molecule has 1 aliphatic heterocycles. The fourth-order valence-electron chi connectivity index (χ4n) is 3.39. The molecule has 1 aliphatic rings. The Morgan fingerprint density at radius 1 is 1.05 bits per heavy atom. The number of hydrogen-bond acceptors (Lipinski definition) is 1. The van der Waals surface area contributed by atoms with E-state index in [4.69, 9.17) is 0 Å². The average Bonchev–Trinajstić information content (AvgIpc) is 2.41. The molecule has 1 nitrogen and oxygen atoms in total. The Kier molecular flexibility index (Phi) is 5.55. The van der Waals surface area contributed by atoms with Gasteiger partial charge in [0.05, 0.1) is 0 Å². The summed E-state index contributed by atoms with van der Waals surface area (Å²) in [6.07, 6.45) is 1.21. The normalized spacial score (nSPS) is 20.8. The van der Waals surface area contributed by atoms with Crippen LogP contribution in [0.1, 0.15) is 38.8 Å². The summed E-state index contributed by atoms with van der Waals surface area (Å²) >= 11 is 0. The Morgan fingerprint density at radius 2 is 1.59 bits per heavy atom. The van der Waals surface area contributed by atoms with Gasteiger partial charge in [-0.25, -0.2) is 0 Å². The average molecular weight is 318 g/mol. The lowest BCUT2D eigenvalue weighted by atomic mass is 9.86. The highest BCUT2D eigenvalue weighted by Gasteiger charge is 2.27. The minimum Gasteiger partial charge on any atom is -0.304 e. The smallest absolute Gasteiger partial charge is 0.0498 e. The van der Waals surface area contributed by atoms with Crippen molar-refractivity contribution in [3.05, 3.63) is 35.4 Å². The van der Waals surface area contributed by atoms with Gasteiger partial charge in [-0.05, 0) is 54.1 Å². The molecule has 1 fully saturated rings. The van der Waals surface area contributed by atoms with Crippen LogP contribution in [-0.4, -0.2) is 32.6 Å². The molecule has 1 unspecified atom stereocenters. The lowest BCUT2D eigenvalue weighted by Gasteiger charge is -2.36. The van der Waals surface area contributed by atoms with Gasteiger partial charge in [0.25, 0.3) is 0 Å². The standard InChI is InChI=1S/C20H35NSi/c1-17(16-21-11-13-22(5,6)14-12-21)15-18-7-9-19(10-8-18)20(2,3)4/h7-10,17H,11-16H2,1-6H3. The van der Waals surface area contributed by atoms with E-state index in [1.165, 1.54) is 49.3 Å². The molecule has 0 spiro atoms. The molecular formula is C20H35NSi. The second-order valence-electron chi connectivity index (χ2n) is 9.22. The van der Waals surface area contributed by atoms with Gasteiger partial charge in [-0.1, -0.05) is 65.1 Å². The van der Waals surface area contributed by atoms with Gasteiger partial charge in [-0.2, -0.15) is 0 Å². The molecule has 1 heterocycles. The summed E-state index contributed by atoms with van der Waals surface area (Å²) in [4.78, 5) is 2.70. The third-order valence-corrected chi connectivity index (χ3v) is 8.34. The summed E-state index contributed by atoms with van der Waals surface area (Å²) < 4.78 is 0. The first-order chi connectivity index (χ1) is 10.2. The highest BCUT2D eigenvalue weighted by Crippen LogP contribution is 2.24. The van der Waals surface area contributed by atoms with Crippen molar-refractivity contribution in [3.63, 3.8) is 0 Å².